The van der Waals surface area contributed by atoms with Crippen molar-refractivity contribution < 1.29 is 22.7 Å². The summed E-state index contributed by atoms with van der Waals surface area (Å²) in [5.74, 6) is -0.0568. The third-order valence-corrected chi connectivity index (χ3v) is 3.17. The van der Waals surface area contributed by atoms with Crippen LogP contribution in [-0.4, -0.2) is 29.8 Å². The first-order valence-electron chi connectivity index (χ1n) is 5.69. The van der Waals surface area contributed by atoms with Crippen LogP contribution in [0, 0.1) is 5.41 Å². The lowest BCUT2D eigenvalue weighted by atomic mass is 9.83. The maximum atomic E-state index is 12.1. The van der Waals surface area contributed by atoms with Gasteiger partial charge in [-0.1, -0.05) is 20.8 Å². The smallest absolute Gasteiger partial charge is 0.297 e. The number of piperidine rings is 1. The van der Waals surface area contributed by atoms with Crippen LogP contribution in [0.1, 0.15) is 33.6 Å². The average molecular weight is 288 g/mol. The Kier molecular flexibility index (Phi) is 4.67. The van der Waals surface area contributed by atoms with Crippen molar-refractivity contribution in [3.63, 3.8) is 0 Å². The number of hydrogen-bond donors (Lipinski definition) is 1. The highest BCUT2D eigenvalue weighted by Crippen LogP contribution is 2.29. The van der Waals surface area contributed by atoms with E-state index < -0.39 is 29.4 Å². The second-order valence-corrected chi connectivity index (χ2v) is 5.88. The summed E-state index contributed by atoms with van der Waals surface area (Å²) in [6.07, 6.45) is -5.47. The number of halogens is 4. The molecule has 0 amide bonds. The van der Waals surface area contributed by atoms with E-state index in [0.29, 0.717) is 6.42 Å². The molecule has 3 nitrogen and oxygen atoms in total. The van der Waals surface area contributed by atoms with Gasteiger partial charge < -0.3 is 0 Å². The molecule has 1 N–H and O–H groups in total. The number of ether oxygens (including phenoxy) is 1. The van der Waals surface area contributed by atoms with Gasteiger partial charge in [-0.2, -0.15) is 0 Å². The number of carbonyl (C=O) groups is 1. The van der Waals surface area contributed by atoms with Gasteiger partial charge in [-0.3, -0.25) is 14.8 Å². The molecule has 0 radical (unpaired) electrons. The number of hydrogen-bond acceptors (Lipinski definition) is 3. The molecular formula is C11H17ClF3NO2. The van der Waals surface area contributed by atoms with Crippen molar-refractivity contribution >= 4 is 17.4 Å². The lowest BCUT2D eigenvalue weighted by Gasteiger charge is -2.35. The van der Waals surface area contributed by atoms with Crippen LogP contribution in [0.25, 0.3) is 0 Å². The molecule has 0 bridgehead atoms. The number of alkyl halides is 4. The van der Waals surface area contributed by atoms with Gasteiger partial charge in [-0.15, -0.1) is 24.8 Å². The minimum absolute atomic E-state index is 0.0568. The zero-order chi connectivity index (χ0) is 14.1. The average Bonchev–Trinajstić information content (AvgIpc) is 2.16. The quantitative estimate of drug-likeness (QED) is 0.627. The van der Waals surface area contributed by atoms with Gasteiger partial charge in [-0.05, 0) is 12.8 Å². The lowest BCUT2D eigenvalue weighted by molar-refractivity contribution is -0.345. The molecule has 106 valence electrons. The Balaban J connectivity index is 2.59. The fourth-order valence-corrected chi connectivity index (χ4v) is 2.21. The molecule has 0 aromatic heterocycles. The lowest BCUT2D eigenvalue weighted by Crippen LogP contribution is -2.54. The van der Waals surface area contributed by atoms with Crippen molar-refractivity contribution in [3.05, 3.63) is 0 Å². The molecule has 0 aromatic carbocycles. The third-order valence-electron chi connectivity index (χ3n) is 2.77. The van der Waals surface area contributed by atoms with Gasteiger partial charge in [0.2, 0.25) is 0 Å². The second-order valence-electron chi connectivity index (χ2n) is 5.41. The first-order chi connectivity index (χ1) is 8.00. The Morgan fingerprint density at radius 1 is 1.28 bits per heavy atom. The molecule has 7 heteroatoms. The van der Waals surface area contributed by atoms with Crippen molar-refractivity contribution in [1.29, 1.82) is 0 Å². The summed E-state index contributed by atoms with van der Waals surface area (Å²) < 4.78 is 40.1. The van der Waals surface area contributed by atoms with Crippen molar-refractivity contribution in [3.8, 4) is 0 Å². The van der Waals surface area contributed by atoms with Crippen molar-refractivity contribution in [1.82, 2.24) is 5.32 Å². The molecule has 18 heavy (non-hydrogen) atoms. The third kappa shape index (κ3) is 4.40. The summed E-state index contributed by atoms with van der Waals surface area (Å²) in [5.41, 5.74) is -1.57. The summed E-state index contributed by atoms with van der Waals surface area (Å²) in [5, 5.41) is 2.69. The maximum absolute atomic E-state index is 12.1. The zero-order valence-electron chi connectivity index (χ0n) is 10.5. The van der Waals surface area contributed by atoms with E-state index in [1.165, 1.54) is 0 Å². The summed E-state index contributed by atoms with van der Waals surface area (Å²) in [7, 11) is 0. The van der Waals surface area contributed by atoms with Crippen molar-refractivity contribution in [2.75, 3.05) is 0 Å². The summed E-state index contributed by atoms with van der Waals surface area (Å²) >= 11 is 5.79. The van der Waals surface area contributed by atoms with E-state index in [9.17, 15) is 18.0 Å². The predicted octanol–water partition coefficient (Wildman–Crippen LogP) is 2.82. The van der Waals surface area contributed by atoms with Gasteiger partial charge >= 0.3 is 6.36 Å². The summed E-state index contributed by atoms with van der Waals surface area (Å²) in [4.78, 5) is 12.0. The Labute approximate surface area is 109 Å². The van der Waals surface area contributed by atoms with E-state index >= 15 is 0 Å². The second kappa shape index (κ2) is 5.35. The minimum Gasteiger partial charge on any atom is -0.297 e. The summed E-state index contributed by atoms with van der Waals surface area (Å²) in [6, 6.07) is -0.513. The molecule has 1 heterocycles. The van der Waals surface area contributed by atoms with Gasteiger partial charge in [0.1, 0.15) is 5.50 Å². The minimum atomic E-state index is -4.71. The zero-order valence-corrected chi connectivity index (χ0v) is 11.2. The Morgan fingerprint density at radius 3 is 2.22 bits per heavy atom. The normalized spacial score (nSPS) is 30.3. The predicted molar refractivity (Wildman–Crippen MR) is 61.2 cm³/mol. The van der Waals surface area contributed by atoms with Crippen LogP contribution in [0.3, 0.4) is 0 Å². The van der Waals surface area contributed by atoms with Crippen LogP contribution in [-0.2, 0) is 9.53 Å². The van der Waals surface area contributed by atoms with Crippen LogP contribution in [0.4, 0.5) is 13.2 Å². The molecule has 0 saturated carbocycles. The largest absolute Gasteiger partial charge is 0.522 e. The molecule has 3 atom stereocenters. The first-order valence-corrected chi connectivity index (χ1v) is 6.13. The summed E-state index contributed by atoms with van der Waals surface area (Å²) in [6.45, 7) is 5.29. The van der Waals surface area contributed by atoms with Gasteiger partial charge in [0, 0.05) is 5.41 Å². The Morgan fingerprint density at radius 2 is 1.83 bits per heavy atom. The highest BCUT2D eigenvalue weighted by molar-refractivity contribution is 6.21. The van der Waals surface area contributed by atoms with Crippen molar-refractivity contribution in [2.45, 2.75) is 57.6 Å². The maximum Gasteiger partial charge on any atom is 0.522 e. The molecule has 3 unspecified atom stereocenters. The Hall–Kier alpha value is -0.330. The molecule has 0 spiro atoms. The number of carbonyl (C=O) groups excluding carboxylic acids is 1. The molecule has 1 fully saturated rings. The van der Waals surface area contributed by atoms with Crippen LogP contribution >= 0.6 is 11.6 Å². The number of Topliss-reactive ketones (excluding diaryl/α,β-unsaturated/α-hetero) is 1. The van der Waals surface area contributed by atoms with E-state index in [1.54, 1.807) is 20.8 Å². The number of ketones is 1. The van der Waals surface area contributed by atoms with Crippen LogP contribution in [0.2, 0.25) is 0 Å². The molecule has 1 saturated heterocycles. The molecule has 1 aliphatic heterocycles. The van der Waals surface area contributed by atoms with E-state index in [0.717, 1.165) is 0 Å². The van der Waals surface area contributed by atoms with Crippen LogP contribution in [0.15, 0.2) is 0 Å². The molecular weight excluding hydrogens is 271 g/mol. The monoisotopic (exact) mass is 287 g/mol. The fraction of sp³-hybridized carbons (Fsp3) is 0.909. The van der Waals surface area contributed by atoms with Crippen LogP contribution in [0.5, 0.6) is 0 Å². The van der Waals surface area contributed by atoms with Gasteiger partial charge in [0.15, 0.2) is 5.78 Å². The molecule has 0 aliphatic carbocycles. The number of nitrogens with one attached hydrogen (secondary N) is 1. The highest BCUT2D eigenvalue weighted by atomic mass is 35.5. The Bertz CT molecular complexity index is 314. The number of rotatable bonds is 2. The molecule has 1 rings (SSSR count). The molecule has 0 aromatic rings. The van der Waals surface area contributed by atoms with E-state index in [2.05, 4.69) is 10.1 Å². The van der Waals surface area contributed by atoms with E-state index in [4.69, 9.17) is 11.6 Å². The van der Waals surface area contributed by atoms with Gasteiger partial charge in [-0.25, -0.2) is 0 Å². The first kappa shape index (κ1) is 15.7. The molecule has 1 aliphatic rings. The standard InChI is InChI=1S/C11H17ClF3NO2/c1-10(2,3)8(17)6-4-5-7(9(12)16-6)18-11(13,14)15/h6-7,9,16H,4-5H2,1-3H3. The van der Waals surface area contributed by atoms with Gasteiger partial charge in [0.25, 0.3) is 0 Å². The fourth-order valence-electron chi connectivity index (χ4n) is 1.88. The SMILES string of the molecule is CC(C)(C)C(=O)C1CCC(OC(F)(F)F)C(Cl)N1. The highest BCUT2D eigenvalue weighted by Gasteiger charge is 2.42. The van der Waals surface area contributed by atoms with Crippen LogP contribution < -0.4 is 5.32 Å². The van der Waals surface area contributed by atoms with Crippen molar-refractivity contribution in [2.24, 2.45) is 5.41 Å². The van der Waals surface area contributed by atoms with E-state index in [-0.39, 0.29) is 12.2 Å². The topological polar surface area (TPSA) is 38.3 Å². The van der Waals surface area contributed by atoms with Gasteiger partial charge in [0.05, 0.1) is 12.1 Å². The van der Waals surface area contributed by atoms with E-state index in [1.807, 2.05) is 0 Å².